The number of nitrogens with one attached hydrogen (secondary N) is 1. The summed E-state index contributed by atoms with van der Waals surface area (Å²) in [5.41, 5.74) is 4.33. The Morgan fingerprint density at radius 3 is 2.57 bits per heavy atom. The van der Waals surface area contributed by atoms with Crippen LogP contribution in [0.3, 0.4) is 0 Å². The van der Waals surface area contributed by atoms with Crippen LogP contribution in [0.2, 0.25) is 0 Å². The zero-order valence-electron chi connectivity index (χ0n) is 16.8. The summed E-state index contributed by atoms with van der Waals surface area (Å²) in [5.74, 6) is -0.126. The number of hydrogen-bond acceptors (Lipinski definition) is 5. The van der Waals surface area contributed by atoms with Crippen LogP contribution in [0, 0.1) is 0 Å². The van der Waals surface area contributed by atoms with Gasteiger partial charge in [-0.15, -0.1) is 11.3 Å². The number of amides is 1. The maximum absolute atomic E-state index is 13.1. The number of benzene rings is 2. The van der Waals surface area contributed by atoms with Crippen LogP contribution in [0.15, 0.2) is 84.5 Å². The number of aromatic nitrogens is 2. The van der Waals surface area contributed by atoms with Crippen molar-refractivity contribution in [1.29, 1.82) is 0 Å². The van der Waals surface area contributed by atoms with Crippen molar-refractivity contribution in [2.75, 3.05) is 11.9 Å². The standard InChI is InChI=1S/C24H22N4OS/c1-17(24-27-21(16-30-24)18-9-8-14-25-15-18)26-23(29)20-12-6-7-13-22(20)28(2)19-10-4-3-5-11-19/h3-17H,1-2H3,(H,26,29). The van der Waals surface area contributed by atoms with Crippen LogP contribution in [-0.4, -0.2) is 22.9 Å². The van der Waals surface area contributed by atoms with Gasteiger partial charge < -0.3 is 10.2 Å². The molecule has 2 aromatic heterocycles. The number of thiazole rings is 1. The zero-order chi connectivity index (χ0) is 20.9. The summed E-state index contributed by atoms with van der Waals surface area (Å²) in [6.07, 6.45) is 3.53. The fraction of sp³-hybridized carbons (Fsp3) is 0.125. The first-order valence-electron chi connectivity index (χ1n) is 9.68. The lowest BCUT2D eigenvalue weighted by atomic mass is 10.1. The fourth-order valence-corrected chi connectivity index (χ4v) is 4.05. The van der Waals surface area contributed by atoms with Gasteiger partial charge in [-0.3, -0.25) is 9.78 Å². The van der Waals surface area contributed by atoms with Crippen molar-refractivity contribution in [3.8, 4) is 11.3 Å². The number of pyridine rings is 1. The molecule has 0 fully saturated rings. The van der Waals surface area contributed by atoms with Crippen LogP contribution in [0.4, 0.5) is 11.4 Å². The Morgan fingerprint density at radius 2 is 1.80 bits per heavy atom. The van der Waals surface area contributed by atoms with Gasteiger partial charge in [-0.2, -0.15) is 0 Å². The summed E-state index contributed by atoms with van der Waals surface area (Å²) in [4.78, 5) is 23.9. The molecule has 0 aliphatic rings. The minimum atomic E-state index is -0.206. The smallest absolute Gasteiger partial charge is 0.253 e. The minimum absolute atomic E-state index is 0.126. The third-order valence-electron chi connectivity index (χ3n) is 4.85. The van der Waals surface area contributed by atoms with Crippen molar-refractivity contribution in [3.63, 3.8) is 0 Å². The van der Waals surface area contributed by atoms with Crippen molar-refractivity contribution in [1.82, 2.24) is 15.3 Å². The predicted molar refractivity (Wildman–Crippen MR) is 122 cm³/mol. The second-order valence-electron chi connectivity index (χ2n) is 6.92. The molecule has 0 saturated carbocycles. The van der Waals surface area contributed by atoms with Gasteiger partial charge in [-0.05, 0) is 43.3 Å². The second-order valence-corrected chi connectivity index (χ2v) is 7.81. The Hall–Kier alpha value is -3.51. The van der Waals surface area contributed by atoms with Gasteiger partial charge in [0.15, 0.2) is 0 Å². The van der Waals surface area contributed by atoms with E-state index in [1.807, 2.05) is 91.0 Å². The molecular weight excluding hydrogens is 392 g/mol. The number of anilines is 2. The van der Waals surface area contributed by atoms with Gasteiger partial charge in [0.2, 0.25) is 0 Å². The largest absolute Gasteiger partial charge is 0.344 e. The van der Waals surface area contributed by atoms with Crippen molar-refractivity contribution >= 4 is 28.6 Å². The van der Waals surface area contributed by atoms with Crippen LogP contribution >= 0.6 is 11.3 Å². The summed E-state index contributed by atoms with van der Waals surface area (Å²) in [6.45, 7) is 1.95. The summed E-state index contributed by atoms with van der Waals surface area (Å²) >= 11 is 1.53. The number of hydrogen-bond donors (Lipinski definition) is 1. The van der Waals surface area contributed by atoms with Gasteiger partial charge >= 0.3 is 0 Å². The highest BCUT2D eigenvalue weighted by atomic mass is 32.1. The van der Waals surface area contributed by atoms with Crippen LogP contribution in [0.1, 0.15) is 28.3 Å². The molecule has 0 radical (unpaired) electrons. The van der Waals surface area contributed by atoms with Gasteiger partial charge in [0.1, 0.15) is 5.01 Å². The van der Waals surface area contributed by atoms with E-state index in [9.17, 15) is 4.79 Å². The number of carbonyl (C=O) groups excluding carboxylic acids is 1. The molecule has 1 atom stereocenters. The van der Waals surface area contributed by atoms with Gasteiger partial charge in [-0.25, -0.2) is 4.98 Å². The number of para-hydroxylation sites is 2. The van der Waals surface area contributed by atoms with E-state index in [-0.39, 0.29) is 11.9 Å². The lowest BCUT2D eigenvalue weighted by molar-refractivity contribution is 0.0940. The van der Waals surface area contributed by atoms with E-state index in [1.54, 1.807) is 12.4 Å². The molecule has 2 aromatic carbocycles. The molecule has 2 heterocycles. The third kappa shape index (κ3) is 4.23. The van der Waals surface area contributed by atoms with Crippen LogP contribution in [-0.2, 0) is 0 Å². The van der Waals surface area contributed by atoms with E-state index in [0.29, 0.717) is 5.56 Å². The SMILES string of the molecule is CC(NC(=O)c1ccccc1N(C)c1ccccc1)c1nc(-c2cccnc2)cs1. The van der Waals surface area contributed by atoms with E-state index in [4.69, 9.17) is 0 Å². The Morgan fingerprint density at radius 1 is 1.03 bits per heavy atom. The van der Waals surface area contributed by atoms with Gasteiger partial charge in [0.25, 0.3) is 5.91 Å². The lowest BCUT2D eigenvalue weighted by Gasteiger charge is -2.23. The van der Waals surface area contributed by atoms with E-state index in [1.165, 1.54) is 11.3 Å². The number of carbonyl (C=O) groups is 1. The van der Waals surface area contributed by atoms with Crippen LogP contribution in [0.25, 0.3) is 11.3 Å². The Bertz CT molecular complexity index is 1130. The maximum atomic E-state index is 13.1. The van der Waals surface area contributed by atoms with Crippen LogP contribution in [0.5, 0.6) is 0 Å². The zero-order valence-corrected chi connectivity index (χ0v) is 17.6. The Labute approximate surface area is 180 Å². The van der Waals surface area contributed by atoms with E-state index in [2.05, 4.69) is 15.3 Å². The molecule has 1 unspecified atom stereocenters. The summed E-state index contributed by atoms with van der Waals surface area (Å²) in [6, 6.07) is 21.3. The van der Waals surface area contributed by atoms with Gasteiger partial charge in [0, 0.05) is 36.1 Å². The highest BCUT2D eigenvalue weighted by Gasteiger charge is 2.19. The monoisotopic (exact) mass is 414 g/mol. The topological polar surface area (TPSA) is 58.1 Å². The third-order valence-corrected chi connectivity index (χ3v) is 5.88. The molecule has 1 N–H and O–H groups in total. The highest BCUT2D eigenvalue weighted by molar-refractivity contribution is 7.10. The van der Waals surface area contributed by atoms with Crippen LogP contribution < -0.4 is 10.2 Å². The molecule has 5 nitrogen and oxygen atoms in total. The molecule has 6 heteroatoms. The molecule has 30 heavy (non-hydrogen) atoms. The maximum Gasteiger partial charge on any atom is 0.253 e. The first kappa shape index (κ1) is 19.8. The molecular formula is C24H22N4OS. The van der Waals surface area contributed by atoms with E-state index in [0.717, 1.165) is 27.6 Å². The van der Waals surface area contributed by atoms with Crippen molar-refractivity contribution in [2.24, 2.45) is 0 Å². The first-order chi connectivity index (χ1) is 14.6. The van der Waals surface area contributed by atoms with Gasteiger partial charge in [-0.1, -0.05) is 30.3 Å². The molecule has 0 bridgehead atoms. The van der Waals surface area contributed by atoms with Crippen molar-refractivity contribution in [2.45, 2.75) is 13.0 Å². The predicted octanol–water partition coefficient (Wildman–Crippen LogP) is 5.46. The normalized spacial score (nSPS) is 11.7. The minimum Gasteiger partial charge on any atom is -0.344 e. The highest BCUT2D eigenvalue weighted by Crippen LogP contribution is 2.28. The summed E-state index contributed by atoms with van der Waals surface area (Å²) in [7, 11) is 1.96. The molecule has 4 aromatic rings. The average Bonchev–Trinajstić information content (AvgIpc) is 3.30. The molecule has 0 aliphatic heterocycles. The van der Waals surface area contributed by atoms with Gasteiger partial charge in [0.05, 0.1) is 23.0 Å². The molecule has 0 aliphatic carbocycles. The summed E-state index contributed by atoms with van der Waals surface area (Å²) in [5, 5.41) is 5.94. The van der Waals surface area contributed by atoms with Crippen molar-refractivity contribution in [3.05, 3.63) is 95.1 Å². The van der Waals surface area contributed by atoms with E-state index < -0.39 is 0 Å². The molecule has 0 saturated heterocycles. The quantitative estimate of drug-likeness (QED) is 0.455. The molecule has 1 amide bonds. The molecule has 0 spiro atoms. The number of rotatable bonds is 6. The average molecular weight is 415 g/mol. The van der Waals surface area contributed by atoms with E-state index >= 15 is 0 Å². The molecule has 4 rings (SSSR count). The fourth-order valence-electron chi connectivity index (χ4n) is 3.22. The Balaban J connectivity index is 1.53. The number of nitrogens with zero attached hydrogens (tertiary/aromatic N) is 3. The second kappa shape index (κ2) is 8.88. The molecule has 150 valence electrons. The van der Waals surface area contributed by atoms with Crippen molar-refractivity contribution < 1.29 is 4.79 Å². The first-order valence-corrected chi connectivity index (χ1v) is 10.6. The Kier molecular flexibility index (Phi) is 5.86. The summed E-state index contributed by atoms with van der Waals surface area (Å²) < 4.78 is 0. The lowest BCUT2D eigenvalue weighted by Crippen LogP contribution is -2.28.